The fourth-order valence-corrected chi connectivity index (χ4v) is 1.88. The highest BCUT2D eigenvalue weighted by atomic mass is 16.6. The smallest absolute Gasteiger partial charge is 0.336 e. The highest BCUT2D eigenvalue weighted by molar-refractivity contribution is 5.81. The van der Waals surface area contributed by atoms with Gasteiger partial charge in [-0.3, -0.25) is 9.69 Å². The molecule has 1 aliphatic heterocycles. The molecule has 0 radical (unpaired) electrons. The van der Waals surface area contributed by atoms with Crippen LogP contribution in [-0.2, 0) is 23.8 Å². The first-order valence-corrected chi connectivity index (χ1v) is 6.30. The zero-order valence-corrected chi connectivity index (χ0v) is 11.7. The van der Waals surface area contributed by atoms with Crippen molar-refractivity contribution >= 4 is 11.9 Å². The molecule has 0 bridgehead atoms. The number of hydrogen-bond acceptors (Lipinski definition) is 6. The van der Waals surface area contributed by atoms with Gasteiger partial charge in [0.25, 0.3) is 0 Å². The summed E-state index contributed by atoms with van der Waals surface area (Å²) >= 11 is 0. The number of nitrogens with one attached hydrogen (secondary N) is 1. The van der Waals surface area contributed by atoms with Gasteiger partial charge in [0.15, 0.2) is 6.10 Å². The van der Waals surface area contributed by atoms with Crippen LogP contribution in [0.4, 0.5) is 0 Å². The highest BCUT2D eigenvalue weighted by Gasteiger charge is 2.31. The highest BCUT2D eigenvalue weighted by Crippen LogP contribution is 2.10. The molecule has 1 heterocycles. The predicted octanol–water partition coefficient (Wildman–Crippen LogP) is -0.989. The molecule has 0 aromatic carbocycles. The molecule has 7 nitrogen and oxygen atoms in total. The van der Waals surface area contributed by atoms with E-state index in [9.17, 15) is 9.59 Å². The van der Waals surface area contributed by atoms with E-state index in [1.807, 2.05) is 11.8 Å². The van der Waals surface area contributed by atoms with Crippen LogP contribution in [0, 0.1) is 0 Å². The number of carbonyl (C=O) groups is 2. The second-order valence-electron chi connectivity index (χ2n) is 4.34. The second kappa shape index (κ2) is 8.08. The maximum absolute atomic E-state index is 11.9. The summed E-state index contributed by atoms with van der Waals surface area (Å²) in [6.45, 7) is 4.16. The van der Waals surface area contributed by atoms with Gasteiger partial charge in [0.05, 0.1) is 26.4 Å². The van der Waals surface area contributed by atoms with Crippen molar-refractivity contribution in [2.24, 2.45) is 0 Å². The average molecular weight is 274 g/mol. The van der Waals surface area contributed by atoms with Gasteiger partial charge in [0.1, 0.15) is 0 Å². The van der Waals surface area contributed by atoms with Crippen LogP contribution in [0.15, 0.2) is 0 Å². The summed E-state index contributed by atoms with van der Waals surface area (Å²) < 4.78 is 14.8. The van der Waals surface area contributed by atoms with Gasteiger partial charge in [0.2, 0.25) is 5.91 Å². The molecule has 1 aliphatic rings. The summed E-state index contributed by atoms with van der Waals surface area (Å²) in [5, 5.41) is 2.78. The number of esters is 1. The van der Waals surface area contributed by atoms with Gasteiger partial charge in [-0.15, -0.1) is 0 Å². The van der Waals surface area contributed by atoms with E-state index in [4.69, 9.17) is 9.47 Å². The summed E-state index contributed by atoms with van der Waals surface area (Å²) in [5.74, 6) is -0.487. The minimum Gasteiger partial charge on any atom is -0.467 e. The Bertz CT molecular complexity index is 310. The summed E-state index contributed by atoms with van der Waals surface area (Å²) in [7, 11) is 2.91. The Balaban J connectivity index is 2.44. The van der Waals surface area contributed by atoms with E-state index < -0.39 is 12.1 Å². The topological polar surface area (TPSA) is 77.1 Å². The van der Waals surface area contributed by atoms with Crippen LogP contribution < -0.4 is 5.32 Å². The number of nitrogens with zero attached hydrogens (tertiary/aromatic N) is 1. The standard InChI is InChI=1S/C12H22N2O5/c1-9(11(15)13-4-6-17-2)14-5-7-19-10(8-14)12(16)18-3/h9-10H,4-8H2,1-3H3,(H,13,15). The zero-order valence-electron chi connectivity index (χ0n) is 11.7. The lowest BCUT2D eigenvalue weighted by Gasteiger charge is -2.34. The molecule has 1 fully saturated rings. The first-order chi connectivity index (χ1) is 9.10. The largest absolute Gasteiger partial charge is 0.467 e. The molecule has 1 N–H and O–H groups in total. The maximum Gasteiger partial charge on any atom is 0.336 e. The van der Waals surface area contributed by atoms with Gasteiger partial charge < -0.3 is 19.5 Å². The third kappa shape index (κ3) is 4.77. The molecule has 2 unspecified atom stereocenters. The van der Waals surface area contributed by atoms with Gasteiger partial charge in [0, 0.05) is 26.7 Å². The minimum atomic E-state index is -0.618. The van der Waals surface area contributed by atoms with Crippen molar-refractivity contribution in [1.29, 1.82) is 0 Å². The first kappa shape index (κ1) is 15.9. The lowest BCUT2D eigenvalue weighted by atomic mass is 10.2. The molecule has 2 atom stereocenters. The fourth-order valence-electron chi connectivity index (χ4n) is 1.88. The second-order valence-corrected chi connectivity index (χ2v) is 4.34. The zero-order chi connectivity index (χ0) is 14.3. The Labute approximate surface area is 113 Å². The third-order valence-electron chi connectivity index (χ3n) is 3.09. The number of methoxy groups -OCH3 is 2. The molecule has 110 valence electrons. The van der Waals surface area contributed by atoms with Crippen LogP contribution >= 0.6 is 0 Å². The Hall–Kier alpha value is -1.18. The summed E-state index contributed by atoms with van der Waals surface area (Å²) in [5.41, 5.74) is 0. The third-order valence-corrected chi connectivity index (χ3v) is 3.09. The Morgan fingerprint density at radius 2 is 2.21 bits per heavy atom. The monoisotopic (exact) mass is 274 g/mol. The molecule has 7 heteroatoms. The molecule has 0 aliphatic carbocycles. The number of ether oxygens (including phenoxy) is 3. The molecule has 0 spiro atoms. The van der Waals surface area contributed by atoms with E-state index in [-0.39, 0.29) is 11.9 Å². The summed E-state index contributed by atoms with van der Waals surface area (Å²) in [4.78, 5) is 25.2. The molecule has 19 heavy (non-hydrogen) atoms. The van der Waals surface area contributed by atoms with Gasteiger partial charge in [-0.05, 0) is 6.92 Å². The molecule has 0 saturated carbocycles. The summed E-state index contributed by atoms with van der Waals surface area (Å²) in [6.07, 6.45) is -0.618. The van der Waals surface area contributed by atoms with E-state index in [0.29, 0.717) is 32.8 Å². The quantitative estimate of drug-likeness (QED) is 0.495. The molecule has 0 aromatic heterocycles. The van der Waals surface area contributed by atoms with E-state index in [2.05, 4.69) is 10.1 Å². The van der Waals surface area contributed by atoms with Gasteiger partial charge >= 0.3 is 5.97 Å². The Morgan fingerprint density at radius 1 is 1.47 bits per heavy atom. The van der Waals surface area contributed by atoms with Gasteiger partial charge in [-0.1, -0.05) is 0 Å². The van der Waals surface area contributed by atoms with E-state index in [1.165, 1.54) is 7.11 Å². The molecule has 1 saturated heterocycles. The SMILES string of the molecule is COCCNC(=O)C(C)N1CCOC(C(=O)OC)C1. The van der Waals surface area contributed by atoms with Crippen LogP contribution in [0.3, 0.4) is 0 Å². The first-order valence-electron chi connectivity index (χ1n) is 6.30. The Kier molecular flexibility index (Phi) is 6.75. The number of morpholine rings is 1. The lowest BCUT2D eigenvalue weighted by Crippen LogP contribution is -2.54. The molecule has 1 rings (SSSR count). The predicted molar refractivity (Wildman–Crippen MR) is 67.7 cm³/mol. The molecular weight excluding hydrogens is 252 g/mol. The molecule has 0 aromatic rings. The normalized spacial score (nSPS) is 21.7. The van der Waals surface area contributed by atoms with Crippen molar-refractivity contribution in [2.45, 2.75) is 19.1 Å². The lowest BCUT2D eigenvalue weighted by molar-refractivity contribution is -0.161. The van der Waals surface area contributed by atoms with E-state index in [1.54, 1.807) is 7.11 Å². The van der Waals surface area contributed by atoms with Crippen molar-refractivity contribution in [3.8, 4) is 0 Å². The molecule has 1 amide bonds. The van der Waals surface area contributed by atoms with E-state index in [0.717, 1.165) is 0 Å². The van der Waals surface area contributed by atoms with Crippen molar-refractivity contribution < 1.29 is 23.8 Å². The number of rotatable bonds is 6. The minimum absolute atomic E-state index is 0.0810. The van der Waals surface area contributed by atoms with Crippen LogP contribution in [0.1, 0.15) is 6.92 Å². The molecular formula is C12H22N2O5. The van der Waals surface area contributed by atoms with Crippen molar-refractivity contribution in [1.82, 2.24) is 10.2 Å². The summed E-state index contributed by atoms with van der Waals surface area (Å²) in [6, 6.07) is -0.312. The number of carbonyl (C=O) groups excluding carboxylic acids is 2. The van der Waals surface area contributed by atoms with Crippen LogP contribution in [-0.4, -0.2) is 76.0 Å². The average Bonchev–Trinajstić information content (AvgIpc) is 2.45. The van der Waals surface area contributed by atoms with Crippen LogP contribution in [0.2, 0.25) is 0 Å². The number of amides is 1. The van der Waals surface area contributed by atoms with Gasteiger partial charge in [-0.2, -0.15) is 0 Å². The Morgan fingerprint density at radius 3 is 2.84 bits per heavy atom. The van der Waals surface area contributed by atoms with Crippen molar-refractivity contribution in [3.05, 3.63) is 0 Å². The van der Waals surface area contributed by atoms with Crippen molar-refractivity contribution in [3.63, 3.8) is 0 Å². The van der Waals surface area contributed by atoms with E-state index >= 15 is 0 Å². The fraction of sp³-hybridized carbons (Fsp3) is 0.833. The van der Waals surface area contributed by atoms with Crippen LogP contribution in [0.25, 0.3) is 0 Å². The number of hydrogen-bond donors (Lipinski definition) is 1. The van der Waals surface area contributed by atoms with Crippen molar-refractivity contribution in [2.75, 3.05) is 47.1 Å². The van der Waals surface area contributed by atoms with Gasteiger partial charge in [-0.25, -0.2) is 4.79 Å². The maximum atomic E-state index is 11.9. The van der Waals surface area contributed by atoms with Crippen LogP contribution in [0.5, 0.6) is 0 Å².